The lowest BCUT2D eigenvalue weighted by Gasteiger charge is -2.32. The molecule has 0 saturated carbocycles. The van der Waals surface area contributed by atoms with Gasteiger partial charge in [0.1, 0.15) is 12.2 Å². The Morgan fingerprint density at radius 3 is 2.83 bits per heavy atom. The van der Waals surface area contributed by atoms with Crippen molar-refractivity contribution in [3.63, 3.8) is 0 Å². The zero-order chi connectivity index (χ0) is 16.9. The molecule has 1 aliphatic heterocycles. The van der Waals surface area contributed by atoms with E-state index in [0.29, 0.717) is 25.4 Å². The minimum Gasteiger partial charge on any atom is -0.480 e. The summed E-state index contributed by atoms with van der Waals surface area (Å²) in [6.45, 7) is 0.679. The SMILES string of the molecule is O=C(O)C1COCCN1C(=O)CCc1nncn1-c1ccccc1. The molecule has 8 heteroatoms. The van der Waals surface area contributed by atoms with E-state index < -0.39 is 12.0 Å². The highest BCUT2D eigenvalue weighted by Crippen LogP contribution is 2.13. The number of carbonyl (C=O) groups is 2. The Morgan fingerprint density at radius 2 is 2.08 bits per heavy atom. The van der Waals surface area contributed by atoms with Gasteiger partial charge in [-0.3, -0.25) is 9.36 Å². The number of carboxylic acids is 1. The molecule has 126 valence electrons. The lowest BCUT2D eigenvalue weighted by Crippen LogP contribution is -2.52. The molecule has 2 heterocycles. The van der Waals surface area contributed by atoms with Crippen molar-refractivity contribution in [3.05, 3.63) is 42.5 Å². The van der Waals surface area contributed by atoms with Crippen LogP contribution in [0.1, 0.15) is 12.2 Å². The molecule has 1 saturated heterocycles. The number of benzene rings is 1. The summed E-state index contributed by atoms with van der Waals surface area (Å²) in [7, 11) is 0. The van der Waals surface area contributed by atoms with Crippen molar-refractivity contribution in [1.29, 1.82) is 0 Å². The predicted molar refractivity (Wildman–Crippen MR) is 83.6 cm³/mol. The van der Waals surface area contributed by atoms with Crippen LogP contribution in [0.3, 0.4) is 0 Å². The predicted octanol–water partition coefficient (Wildman–Crippen LogP) is 0.512. The van der Waals surface area contributed by atoms with Gasteiger partial charge in [0, 0.05) is 25.1 Å². The Bertz CT molecular complexity index is 716. The third-order valence-electron chi connectivity index (χ3n) is 3.95. The summed E-state index contributed by atoms with van der Waals surface area (Å²) < 4.78 is 6.97. The van der Waals surface area contributed by atoms with Crippen LogP contribution in [-0.2, 0) is 20.7 Å². The van der Waals surface area contributed by atoms with E-state index in [2.05, 4.69) is 10.2 Å². The maximum Gasteiger partial charge on any atom is 0.328 e. The van der Waals surface area contributed by atoms with Crippen molar-refractivity contribution >= 4 is 11.9 Å². The first-order valence-corrected chi connectivity index (χ1v) is 7.71. The molecule has 8 nitrogen and oxygen atoms in total. The van der Waals surface area contributed by atoms with Crippen LogP contribution >= 0.6 is 0 Å². The zero-order valence-corrected chi connectivity index (χ0v) is 13.0. The molecule has 0 radical (unpaired) electrons. The normalized spacial score (nSPS) is 17.7. The first-order valence-electron chi connectivity index (χ1n) is 7.71. The fraction of sp³-hybridized carbons (Fsp3) is 0.375. The Morgan fingerprint density at radius 1 is 1.29 bits per heavy atom. The molecule has 0 aliphatic carbocycles. The molecule has 1 fully saturated rings. The maximum absolute atomic E-state index is 12.4. The molecule has 1 N–H and O–H groups in total. The first kappa shape index (κ1) is 16.1. The maximum atomic E-state index is 12.4. The highest BCUT2D eigenvalue weighted by atomic mass is 16.5. The minimum absolute atomic E-state index is 0.0290. The van der Waals surface area contributed by atoms with Crippen LogP contribution in [0.5, 0.6) is 0 Å². The quantitative estimate of drug-likeness (QED) is 0.858. The lowest BCUT2D eigenvalue weighted by molar-refractivity contribution is -0.158. The summed E-state index contributed by atoms with van der Waals surface area (Å²) in [5, 5.41) is 17.2. The van der Waals surface area contributed by atoms with E-state index in [1.54, 1.807) is 6.33 Å². The molecule has 1 aromatic carbocycles. The van der Waals surface area contributed by atoms with Crippen LogP contribution < -0.4 is 0 Å². The van der Waals surface area contributed by atoms with Gasteiger partial charge < -0.3 is 14.7 Å². The summed E-state index contributed by atoms with van der Waals surface area (Å²) in [5.74, 6) is -0.599. The van der Waals surface area contributed by atoms with Crippen molar-refractivity contribution in [2.45, 2.75) is 18.9 Å². The Labute approximate surface area is 138 Å². The molecule has 0 bridgehead atoms. The lowest BCUT2D eigenvalue weighted by atomic mass is 10.2. The van der Waals surface area contributed by atoms with Gasteiger partial charge in [0.05, 0.1) is 13.2 Å². The second kappa shape index (κ2) is 7.22. The number of amides is 1. The Kier molecular flexibility index (Phi) is 4.85. The molecule has 1 amide bonds. The van der Waals surface area contributed by atoms with Crippen LogP contribution in [0.2, 0.25) is 0 Å². The van der Waals surface area contributed by atoms with E-state index in [1.807, 2.05) is 34.9 Å². The Hall–Kier alpha value is -2.74. The molecule has 1 atom stereocenters. The number of nitrogens with zero attached hydrogens (tertiary/aromatic N) is 4. The van der Waals surface area contributed by atoms with Crippen LogP contribution in [0, 0.1) is 0 Å². The van der Waals surface area contributed by atoms with Gasteiger partial charge in [-0.25, -0.2) is 4.79 Å². The van der Waals surface area contributed by atoms with Crippen molar-refractivity contribution < 1.29 is 19.4 Å². The van der Waals surface area contributed by atoms with E-state index in [1.165, 1.54) is 4.90 Å². The monoisotopic (exact) mass is 330 g/mol. The summed E-state index contributed by atoms with van der Waals surface area (Å²) in [6, 6.07) is 8.68. The fourth-order valence-corrected chi connectivity index (χ4v) is 2.70. The minimum atomic E-state index is -1.05. The van der Waals surface area contributed by atoms with E-state index in [4.69, 9.17) is 4.74 Å². The van der Waals surface area contributed by atoms with Crippen LogP contribution in [-0.4, -0.2) is 62.4 Å². The largest absolute Gasteiger partial charge is 0.480 e. The number of ether oxygens (including phenoxy) is 1. The highest BCUT2D eigenvalue weighted by Gasteiger charge is 2.32. The number of aryl methyl sites for hydroxylation is 1. The molecule has 1 unspecified atom stereocenters. The fourth-order valence-electron chi connectivity index (χ4n) is 2.70. The number of para-hydroxylation sites is 1. The van der Waals surface area contributed by atoms with Gasteiger partial charge in [-0.1, -0.05) is 18.2 Å². The summed E-state index contributed by atoms with van der Waals surface area (Å²) in [6.07, 6.45) is 2.16. The standard InChI is InChI=1S/C16H18N4O4/c21-15(19-8-9-24-10-13(19)16(22)23)7-6-14-18-17-11-20(14)12-4-2-1-3-5-12/h1-5,11,13H,6-10H2,(H,22,23). The van der Waals surface area contributed by atoms with E-state index >= 15 is 0 Å². The smallest absolute Gasteiger partial charge is 0.328 e. The molecule has 24 heavy (non-hydrogen) atoms. The van der Waals surface area contributed by atoms with Crippen LogP contribution in [0.25, 0.3) is 5.69 Å². The summed E-state index contributed by atoms with van der Waals surface area (Å²) in [4.78, 5) is 25.0. The molecule has 0 spiro atoms. The molecular weight excluding hydrogens is 312 g/mol. The number of carboxylic acid groups (broad SMARTS) is 1. The zero-order valence-electron chi connectivity index (χ0n) is 13.0. The van der Waals surface area contributed by atoms with Crippen molar-refractivity contribution in [1.82, 2.24) is 19.7 Å². The van der Waals surface area contributed by atoms with Gasteiger partial charge in [-0.05, 0) is 12.1 Å². The third kappa shape index (κ3) is 3.43. The first-order chi connectivity index (χ1) is 11.7. The Balaban J connectivity index is 1.67. The summed E-state index contributed by atoms with van der Waals surface area (Å²) >= 11 is 0. The molecule has 1 aliphatic rings. The number of hydrogen-bond donors (Lipinski definition) is 1. The second-order valence-electron chi connectivity index (χ2n) is 5.47. The van der Waals surface area contributed by atoms with Crippen molar-refractivity contribution in [2.75, 3.05) is 19.8 Å². The van der Waals surface area contributed by atoms with Crippen molar-refractivity contribution in [3.8, 4) is 5.69 Å². The number of morpholine rings is 1. The molecule has 1 aromatic heterocycles. The van der Waals surface area contributed by atoms with Gasteiger partial charge in [0.25, 0.3) is 0 Å². The number of hydrogen-bond acceptors (Lipinski definition) is 5. The topological polar surface area (TPSA) is 97.6 Å². The number of rotatable bonds is 5. The highest BCUT2D eigenvalue weighted by molar-refractivity contribution is 5.84. The van der Waals surface area contributed by atoms with Gasteiger partial charge in [0.15, 0.2) is 6.04 Å². The average Bonchev–Trinajstić information content (AvgIpc) is 3.09. The van der Waals surface area contributed by atoms with Gasteiger partial charge in [-0.15, -0.1) is 10.2 Å². The van der Waals surface area contributed by atoms with E-state index in [9.17, 15) is 14.7 Å². The third-order valence-corrected chi connectivity index (χ3v) is 3.95. The number of aliphatic carboxylic acids is 1. The number of carbonyl (C=O) groups excluding carboxylic acids is 1. The van der Waals surface area contributed by atoms with Gasteiger partial charge >= 0.3 is 5.97 Å². The van der Waals surface area contributed by atoms with Crippen LogP contribution in [0.15, 0.2) is 36.7 Å². The van der Waals surface area contributed by atoms with E-state index in [-0.39, 0.29) is 18.9 Å². The summed E-state index contributed by atoms with van der Waals surface area (Å²) in [5.41, 5.74) is 0.916. The van der Waals surface area contributed by atoms with Crippen LogP contribution in [0.4, 0.5) is 0 Å². The second-order valence-corrected chi connectivity index (χ2v) is 5.47. The number of aromatic nitrogens is 3. The molecule has 2 aromatic rings. The van der Waals surface area contributed by atoms with Crippen molar-refractivity contribution in [2.24, 2.45) is 0 Å². The van der Waals surface area contributed by atoms with E-state index in [0.717, 1.165) is 5.69 Å². The molecular formula is C16H18N4O4. The molecule has 3 rings (SSSR count). The van der Waals surface area contributed by atoms with Gasteiger partial charge in [-0.2, -0.15) is 0 Å². The van der Waals surface area contributed by atoms with Gasteiger partial charge in [0.2, 0.25) is 5.91 Å². The average molecular weight is 330 g/mol.